The number of rotatable bonds is 3. The normalized spacial score (nSPS) is 17.5. The molecule has 0 aromatic heterocycles. The van der Waals surface area contributed by atoms with Gasteiger partial charge in [0.15, 0.2) is 0 Å². The van der Waals surface area contributed by atoms with Crippen molar-refractivity contribution in [3.8, 4) is 0 Å². The van der Waals surface area contributed by atoms with E-state index in [9.17, 15) is 4.79 Å². The SMILES string of the molecule is NC(=S)C1(C(=O)Nc2c(Br)cccc2Br)CCOCC1. The number of carbonyl (C=O) groups excluding carboxylic acids is 1. The number of halogens is 2. The van der Waals surface area contributed by atoms with Crippen molar-refractivity contribution in [1.82, 2.24) is 0 Å². The molecule has 3 N–H and O–H groups in total. The van der Waals surface area contributed by atoms with E-state index in [1.807, 2.05) is 18.2 Å². The van der Waals surface area contributed by atoms with Crippen LogP contribution in [0.5, 0.6) is 0 Å². The predicted molar refractivity (Wildman–Crippen MR) is 89.7 cm³/mol. The van der Waals surface area contributed by atoms with E-state index in [2.05, 4.69) is 37.2 Å². The highest BCUT2D eigenvalue weighted by atomic mass is 79.9. The van der Waals surface area contributed by atoms with Gasteiger partial charge >= 0.3 is 0 Å². The lowest BCUT2D eigenvalue weighted by Gasteiger charge is -2.34. The molecular weight excluding hydrogens is 408 g/mol. The molecule has 1 fully saturated rings. The number of thiocarbonyl (C=S) groups is 1. The summed E-state index contributed by atoms with van der Waals surface area (Å²) in [6, 6.07) is 5.59. The van der Waals surface area contributed by atoms with Crippen LogP contribution < -0.4 is 11.1 Å². The van der Waals surface area contributed by atoms with Crippen molar-refractivity contribution in [1.29, 1.82) is 0 Å². The molecule has 2 rings (SSSR count). The molecule has 1 aromatic rings. The molecule has 20 heavy (non-hydrogen) atoms. The summed E-state index contributed by atoms with van der Waals surface area (Å²) in [5.41, 5.74) is 5.67. The Bertz CT molecular complexity index is 525. The van der Waals surface area contributed by atoms with Gasteiger partial charge in [-0.1, -0.05) is 18.3 Å². The molecule has 0 saturated carbocycles. The van der Waals surface area contributed by atoms with Gasteiger partial charge in [-0.05, 0) is 56.8 Å². The van der Waals surface area contributed by atoms with Crippen LogP contribution in [-0.2, 0) is 9.53 Å². The van der Waals surface area contributed by atoms with Crippen LogP contribution in [0.2, 0.25) is 0 Å². The molecule has 7 heteroatoms. The number of nitrogens with one attached hydrogen (secondary N) is 1. The minimum Gasteiger partial charge on any atom is -0.392 e. The summed E-state index contributed by atoms with van der Waals surface area (Å²) in [6.45, 7) is 0.976. The summed E-state index contributed by atoms with van der Waals surface area (Å²) in [7, 11) is 0. The van der Waals surface area contributed by atoms with Crippen molar-refractivity contribution < 1.29 is 9.53 Å². The summed E-state index contributed by atoms with van der Waals surface area (Å²) >= 11 is 12.0. The summed E-state index contributed by atoms with van der Waals surface area (Å²) in [5, 5.41) is 2.91. The number of hydrogen-bond donors (Lipinski definition) is 2. The average Bonchev–Trinajstić information content (AvgIpc) is 2.43. The number of anilines is 1. The van der Waals surface area contributed by atoms with Crippen LogP contribution in [0.25, 0.3) is 0 Å². The second kappa shape index (κ2) is 6.51. The monoisotopic (exact) mass is 420 g/mol. The molecule has 108 valence electrons. The van der Waals surface area contributed by atoms with Gasteiger partial charge in [0.05, 0.1) is 10.7 Å². The minimum atomic E-state index is -0.831. The molecule has 0 bridgehead atoms. The van der Waals surface area contributed by atoms with E-state index in [0.717, 1.165) is 8.95 Å². The van der Waals surface area contributed by atoms with Gasteiger partial charge in [0.1, 0.15) is 5.41 Å². The van der Waals surface area contributed by atoms with Crippen LogP contribution in [0.15, 0.2) is 27.1 Å². The first-order valence-corrected chi connectivity index (χ1v) is 8.10. The molecule has 1 amide bonds. The van der Waals surface area contributed by atoms with Gasteiger partial charge in [-0.3, -0.25) is 4.79 Å². The van der Waals surface area contributed by atoms with Crippen LogP contribution in [0.4, 0.5) is 5.69 Å². The third kappa shape index (κ3) is 3.05. The Balaban J connectivity index is 2.28. The van der Waals surface area contributed by atoms with E-state index in [1.165, 1.54) is 0 Å². The number of nitrogens with two attached hydrogens (primary N) is 1. The Labute approximate surface area is 139 Å². The van der Waals surface area contributed by atoms with E-state index in [0.29, 0.717) is 31.7 Å². The predicted octanol–water partition coefficient (Wildman–Crippen LogP) is 3.23. The van der Waals surface area contributed by atoms with Crippen molar-refractivity contribution >= 4 is 60.7 Å². The van der Waals surface area contributed by atoms with Gasteiger partial charge in [-0.25, -0.2) is 0 Å². The average molecular weight is 422 g/mol. The Morgan fingerprint density at radius 2 is 1.85 bits per heavy atom. The zero-order valence-corrected chi connectivity index (χ0v) is 14.6. The van der Waals surface area contributed by atoms with Gasteiger partial charge < -0.3 is 15.8 Å². The van der Waals surface area contributed by atoms with Crippen LogP contribution in [-0.4, -0.2) is 24.1 Å². The Kier molecular flexibility index (Phi) is 5.17. The molecule has 1 aromatic carbocycles. The third-order valence-corrected chi connectivity index (χ3v) is 5.17. The maximum absolute atomic E-state index is 12.7. The lowest BCUT2D eigenvalue weighted by atomic mass is 9.79. The van der Waals surface area contributed by atoms with Gasteiger partial charge in [0, 0.05) is 22.2 Å². The van der Waals surface area contributed by atoms with Crippen molar-refractivity contribution in [3.63, 3.8) is 0 Å². The van der Waals surface area contributed by atoms with E-state index in [-0.39, 0.29) is 10.9 Å². The van der Waals surface area contributed by atoms with Gasteiger partial charge in [-0.15, -0.1) is 0 Å². The summed E-state index contributed by atoms with van der Waals surface area (Å²) in [4.78, 5) is 12.9. The zero-order valence-electron chi connectivity index (χ0n) is 10.6. The maximum atomic E-state index is 12.7. The number of benzene rings is 1. The van der Waals surface area contributed by atoms with Crippen LogP contribution >= 0.6 is 44.1 Å². The molecule has 0 unspecified atom stereocenters. The number of ether oxygens (including phenoxy) is 1. The van der Waals surface area contributed by atoms with Crippen molar-refractivity contribution in [2.75, 3.05) is 18.5 Å². The van der Waals surface area contributed by atoms with Gasteiger partial charge in [0.25, 0.3) is 0 Å². The molecule has 0 spiro atoms. The van der Waals surface area contributed by atoms with Crippen LogP contribution in [0.1, 0.15) is 12.8 Å². The second-order valence-corrected chi connectivity index (χ2v) is 6.76. The Hall–Kier alpha value is -0.500. The fourth-order valence-electron chi connectivity index (χ4n) is 2.16. The van der Waals surface area contributed by atoms with Gasteiger partial charge in [-0.2, -0.15) is 0 Å². The quantitative estimate of drug-likeness (QED) is 0.735. The molecular formula is C13H14Br2N2O2S. The first-order valence-electron chi connectivity index (χ1n) is 6.10. The minimum absolute atomic E-state index is 0.180. The van der Waals surface area contributed by atoms with Crippen molar-refractivity contribution in [3.05, 3.63) is 27.1 Å². The maximum Gasteiger partial charge on any atom is 0.237 e. The van der Waals surface area contributed by atoms with E-state index >= 15 is 0 Å². The fourth-order valence-corrected chi connectivity index (χ4v) is 3.65. The highest BCUT2D eigenvalue weighted by Gasteiger charge is 2.43. The van der Waals surface area contributed by atoms with E-state index < -0.39 is 5.41 Å². The van der Waals surface area contributed by atoms with E-state index in [4.69, 9.17) is 22.7 Å². The molecule has 4 nitrogen and oxygen atoms in total. The molecule has 1 heterocycles. The molecule has 0 atom stereocenters. The lowest BCUT2D eigenvalue weighted by molar-refractivity contribution is -0.126. The van der Waals surface area contributed by atoms with E-state index in [1.54, 1.807) is 0 Å². The Morgan fingerprint density at radius 1 is 1.30 bits per heavy atom. The Morgan fingerprint density at radius 3 is 2.35 bits per heavy atom. The number of para-hydroxylation sites is 1. The van der Waals surface area contributed by atoms with Crippen molar-refractivity contribution in [2.24, 2.45) is 11.1 Å². The largest absolute Gasteiger partial charge is 0.392 e. The summed E-state index contributed by atoms with van der Waals surface area (Å²) < 4.78 is 6.90. The van der Waals surface area contributed by atoms with Crippen LogP contribution in [0.3, 0.4) is 0 Å². The number of hydrogen-bond acceptors (Lipinski definition) is 3. The number of carbonyl (C=O) groups is 1. The molecule has 1 aliphatic heterocycles. The van der Waals surface area contributed by atoms with Crippen LogP contribution in [0, 0.1) is 5.41 Å². The number of amides is 1. The molecule has 1 aliphatic rings. The topological polar surface area (TPSA) is 64.4 Å². The first-order chi connectivity index (χ1) is 9.47. The summed E-state index contributed by atoms with van der Waals surface area (Å²) in [5.74, 6) is -0.180. The molecule has 1 saturated heterocycles. The standard InChI is InChI=1S/C13H14Br2N2O2S/c14-8-2-1-3-9(15)10(8)17-12(18)13(11(16)20)4-6-19-7-5-13/h1-3H,4-7H2,(H2,16,20)(H,17,18). The second-order valence-electron chi connectivity index (χ2n) is 4.61. The smallest absolute Gasteiger partial charge is 0.237 e. The van der Waals surface area contributed by atoms with Crippen molar-refractivity contribution in [2.45, 2.75) is 12.8 Å². The highest BCUT2D eigenvalue weighted by molar-refractivity contribution is 9.11. The lowest BCUT2D eigenvalue weighted by Crippen LogP contribution is -2.49. The van der Waals surface area contributed by atoms with Gasteiger partial charge in [0.2, 0.25) is 5.91 Å². The zero-order chi connectivity index (χ0) is 14.8. The molecule has 0 radical (unpaired) electrons. The first kappa shape index (κ1) is 15.9. The fraction of sp³-hybridized carbons (Fsp3) is 0.385. The molecule has 0 aliphatic carbocycles. The third-order valence-electron chi connectivity index (χ3n) is 3.45. The highest BCUT2D eigenvalue weighted by Crippen LogP contribution is 2.36. The summed E-state index contributed by atoms with van der Waals surface area (Å²) in [6.07, 6.45) is 1.02.